The second kappa shape index (κ2) is 5.03. The van der Waals surface area contributed by atoms with E-state index in [1.807, 2.05) is 11.3 Å². The first-order valence-electron chi connectivity index (χ1n) is 4.43. The maximum Gasteiger partial charge on any atom is 0.0194 e. The van der Waals surface area contributed by atoms with Crippen LogP contribution >= 0.6 is 27.3 Å². The number of halogens is 1. The van der Waals surface area contributed by atoms with Crippen molar-refractivity contribution in [1.29, 1.82) is 0 Å². The minimum absolute atomic E-state index is 0.594. The third-order valence-electron chi connectivity index (χ3n) is 2.06. The van der Waals surface area contributed by atoms with Crippen LogP contribution in [0.1, 0.15) is 37.5 Å². The lowest BCUT2D eigenvalue weighted by atomic mass is 9.99. The Bertz CT molecular complexity index is 204. The molecular weight excluding hydrogens is 232 g/mol. The molecule has 0 spiro atoms. The standard InChI is InChI=1S/C10H15BrS/c1-3-5-9(8(2)11)10-6-4-7-12-10/h4,6-9H,3,5H2,1-2H3/t8-,9+/m1/s1. The molecule has 0 nitrogen and oxygen atoms in total. The number of hydrogen-bond donors (Lipinski definition) is 0. The van der Waals surface area contributed by atoms with Gasteiger partial charge in [-0.2, -0.15) is 0 Å². The highest BCUT2D eigenvalue weighted by Gasteiger charge is 2.16. The molecule has 1 heterocycles. The summed E-state index contributed by atoms with van der Waals surface area (Å²) in [6.45, 7) is 4.48. The lowest BCUT2D eigenvalue weighted by Crippen LogP contribution is -2.06. The Balaban J connectivity index is 2.66. The molecule has 0 aliphatic heterocycles. The average molecular weight is 247 g/mol. The van der Waals surface area contributed by atoms with Crippen LogP contribution in [0, 0.1) is 0 Å². The quantitative estimate of drug-likeness (QED) is 0.691. The Labute approximate surface area is 87.1 Å². The Hall–Kier alpha value is 0.180. The largest absolute Gasteiger partial charge is 0.149 e. The van der Waals surface area contributed by atoms with Crippen molar-refractivity contribution in [2.45, 2.75) is 37.4 Å². The van der Waals surface area contributed by atoms with Gasteiger partial charge in [-0.05, 0) is 17.9 Å². The van der Waals surface area contributed by atoms with Crippen LogP contribution in [-0.2, 0) is 0 Å². The van der Waals surface area contributed by atoms with Gasteiger partial charge in [-0.1, -0.05) is 42.3 Å². The second-order valence-corrected chi connectivity index (χ2v) is 5.51. The monoisotopic (exact) mass is 246 g/mol. The van der Waals surface area contributed by atoms with Crippen molar-refractivity contribution in [3.05, 3.63) is 22.4 Å². The van der Waals surface area contributed by atoms with E-state index in [9.17, 15) is 0 Å². The first-order chi connectivity index (χ1) is 5.75. The van der Waals surface area contributed by atoms with Crippen molar-refractivity contribution in [2.24, 2.45) is 0 Å². The molecule has 0 amide bonds. The molecule has 0 saturated carbocycles. The van der Waals surface area contributed by atoms with Gasteiger partial charge in [0.25, 0.3) is 0 Å². The first kappa shape index (κ1) is 10.3. The summed E-state index contributed by atoms with van der Waals surface area (Å²) < 4.78 is 0. The van der Waals surface area contributed by atoms with Crippen LogP contribution in [0.15, 0.2) is 17.5 Å². The van der Waals surface area contributed by atoms with E-state index in [1.54, 1.807) is 0 Å². The molecule has 2 atom stereocenters. The van der Waals surface area contributed by atoms with Crippen LogP contribution in [-0.4, -0.2) is 4.83 Å². The van der Waals surface area contributed by atoms with Gasteiger partial charge in [-0.25, -0.2) is 0 Å². The molecule has 1 aromatic heterocycles. The van der Waals surface area contributed by atoms with E-state index >= 15 is 0 Å². The zero-order valence-corrected chi connectivity index (χ0v) is 9.99. The van der Waals surface area contributed by atoms with Crippen molar-refractivity contribution in [3.63, 3.8) is 0 Å². The predicted molar refractivity (Wildman–Crippen MR) is 60.4 cm³/mol. The van der Waals surface area contributed by atoms with E-state index in [4.69, 9.17) is 0 Å². The Morgan fingerprint density at radius 1 is 1.58 bits per heavy atom. The molecule has 0 fully saturated rings. The number of rotatable bonds is 4. The van der Waals surface area contributed by atoms with Crippen LogP contribution < -0.4 is 0 Å². The zero-order valence-electron chi connectivity index (χ0n) is 7.59. The summed E-state index contributed by atoms with van der Waals surface area (Å²) >= 11 is 5.54. The third-order valence-corrected chi connectivity index (χ3v) is 3.71. The zero-order chi connectivity index (χ0) is 8.97. The molecule has 0 bridgehead atoms. The first-order valence-corrected chi connectivity index (χ1v) is 6.22. The van der Waals surface area contributed by atoms with Crippen molar-refractivity contribution < 1.29 is 0 Å². The molecule has 0 aromatic carbocycles. The average Bonchev–Trinajstić information content (AvgIpc) is 2.51. The molecule has 1 rings (SSSR count). The molecule has 0 aliphatic rings. The van der Waals surface area contributed by atoms with Crippen molar-refractivity contribution in [2.75, 3.05) is 0 Å². The van der Waals surface area contributed by atoms with Gasteiger partial charge in [0.1, 0.15) is 0 Å². The molecule has 0 saturated heterocycles. The van der Waals surface area contributed by atoms with Gasteiger partial charge in [0, 0.05) is 15.6 Å². The molecule has 0 radical (unpaired) electrons. The maximum absolute atomic E-state index is 3.67. The van der Waals surface area contributed by atoms with E-state index in [0.717, 1.165) is 0 Å². The molecule has 0 aliphatic carbocycles. The molecule has 0 N–H and O–H groups in total. The van der Waals surface area contributed by atoms with Crippen LogP contribution in [0.5, 0.6) is 0 Å². The van der Waals surface area contributed by atoms with Gasteiger partial charge in [0.15, 0.2) is 0 Å². The van der Waals surface area contributed by atoms with E-state index in [-0.39, 0.29) is 0 Å². The molecular formula is C10H15BrS. The highest BCUT2D eigenvalue weighted by atomic mass is 79.9. The molecule has 68 valence electrons. The van der Waals surface area contributed by atoms with E-state index < -0.39 is 0 Å². The van der Waals surface area contributed by atoms with Gasteiger partial charge < -0.3 is 0 Å². The fraction of sp³-hybridized carbons (Fsp3) is 0.600. The van der Waals surface area contributed by atoms with Crippen LogP contribution in [0.3, 0.4) is 0 Å². The Morgan fingerprint density at radius 2 is 2.33 bits per heavy atom. The highest BCUT2D eigenvalue weighted by molar-refractivity contribution is 9.09. The van der Waals surface area contributed by atoms with Gasteiger partial charge >= 0.3 is 0 Å². The summed E-state index contributed by atoms with van der Waals surface area (Å²) in [4.78, 5) is 2.11. The van der Waals surface area contributed by atoms with E-state index in [1.165, 1.54) is 17.7 Å². The van der Waals surface area contributed by atoms with Gasteiger partial charge in [-0.15, -0.1) is 11.3 Å². The van der Waals surface area contributed by atoms with E-state index in [2.05, 4.69) is 47.3 Å². The fourth-order valence-electron chi connectivity index (χ4n) is 1.41. The van der Waals surface area contributed by atoms with Gasteiger partial charge in [0.05, 0.1) is 0 Å². The minimum atomic E-state index is 0.594. The lowest BCUT2D eigenvalue weighted by Gasteiger charge is -2.16. The second-order valence-electron chi connectivity index (χ2n) is 3.09. The van der Waals surface area contributed by atoms with Crippen molar-refractivity contribution >= 4 is 27.3 Å². The van der Waals surface area contributed by atoms with Crippen LogP contribution in [0.2, 0.25) is 0 Å². The molecule has 0 unspecified atom stereocenters. The van der Waals surface area contributed by atoms with Crippen LogP contribution in [0.4, 0.5) is 0 Å². The van der Waals surface area contributed by atoms with Crippen molar-refractivity contribution in [3.8, 4) is 0 Å². The third kappa shape index (κ3) is 2.60. The SMILES string of the molecule is CCC[C@H](c1cccs1)[C@@H](C)Br. The summed E-state index contributed by atoms with van der Waals surface area (Å²) in [5, 5.41) is 2.16. The number of hydrogen-bond acceptors (Lipinski definition) is 1. The number of thiophene rings is 1. The summed E-state index contributed by atoms with van der Waals surface area (Å²) in [6.07, 6.45) is 2.55. The maximum atomic E-state index is 3.67. The normalized spacial score (nSPS) is 15.9. The smallest absolute Gasteiger partial charge is 0.0194 e. The van der Waals surface area contributed by atoms with Crippen molar-refractivity contribution in [1.82, 2.24) is 0 Å². The molecule has 12 heavy (non-hydrogen) atoms. The topological polar surface area (TPSA) is 0 Å². The molecule has 2 heteroatoms. The lowest BCUT2D eigenvalue weighted by molar-refractivity contribution is 0.622. The Kier molecular flexibility index (Phi) is 4.30. The fourth-order valence-corrected chi connectivity index (χ4v) is 3.10. The van der Waals surface area contributed by atoms with Gasteiger partial charge in [-0.3, -0.25) is 0 Å². The van der Waals surface area contributed by atoms with E-state index in [0.29, 0.717) is 10.7 Å². The summed E-state index contributed by atoms with van der Waals surface area (Å²) in [6, 6.07) is 4.38. The van der Waals surface area contributed by atoms with Gasteiger partial charge in [0.2, 0.25) is 0 Å². The summed E-state index contributed by atoms with van der Waals surface area (Å²) in [7, 11) is 0. The van der Waals surface area contributed by atoms with Crippen LogP contribution in [0.25, 0.3) is 0 Å². The summed E-state index contributed by atoms with van der Waals surface area (Å²) in [5.41, 5.74) is 0. The molecule has 1 aromatic rings. The number of alkyl halides is 1. The summed E-state index contributed by atoms with van der Waals surface area (Å²) in [5.74, 6) is 0.704. The predicted octanol–water partition coefficient (Wildman–Crippen LogP) is 4.42. The minimum Gasteiger partial charge on any atom is -0.149 e. The Morgan fingerprint density at radius 3 is 2.75 bits per heavy atom. The highest BCUT2D eigenvalue weighted by Crippen LogP contribution is 2.32.